The molecule has 6 nitrogen and oxygen atoms in total. The van der Waals surface area contributed by atoms with Gasteiger partial charge in [-0.05, 0) is 69.2 Å². The smallest absolute Gasteiger partial charge is 0.255 e. The molecule has 4 rings (SSSR count). The highest BCUT2D eigenvalue weighted by molar-refractivity contribution is 5.99. The molecule has 6 heteroatoms. The molecule has 1 saturated carbocycles. The summed E-state index contributed by atoms with van der Waals surface area (Å²) in [5, 5.41) is 12.7. The molecule has 1 atom stereocenters. The number of hydrogen-bond donors (Lipinski definition) is 3. The molecule has 2 fully saturated rings. The van der Waals surface area contributed by atoms with Crippen molar-refractivity contribution >= 4 is 11.7 Å². The van der Waals surface area contributed by atoms with Crippen molar-refractivity contribution in [1.29, 1.82) is 0 Å². The number of rotatable bonds is 5. The second-order valence-corrected chi connectivity index (χ2v) is 8.79. The number of likely N-dealkylation sites (tertiary alicyclic amines) is 1. The Morgan fingerprint density at radius 3 is 2.57 bits per heavy atom. The minimum Gasteiger partial charge on any atom is -0.393 e. The summed E-state index contributed by atoms with van der Waals surface area (Å²) in [5.74, 6) is 0.0506. The molecule has 160 valence electrons. The van der Waals surface area contributed by atoms with Gasteiger partial charge in [0.25, 0.3) is 5.91 Å². The van der Waals surface area contributed by atoms with Crippen LogP contribution in [0.3, 0.4) is 0 Å². The average molecular weight is 409 g/mol. The molecule has 0 bridgehead atoms. The van der Waals surface area contributed by atoms with Crippen molar-refractivity contribution in [2.45, 2.75) is 70.2 Å². The molecular formula is C24H32N4O2. The Morgan fingerprint density at radius 2 is 1.90 bits per heavy atom. The lowest BCUT2D eigenvalue weighted by Gasteiger charge is -2.26. The largest absolute Gasteiger partial charge is 0.393 e. The molecule has 1 amide bonds. The van der Waals surface area contributed by atoms with E-state index in [0.29, 0.717) is 11.6 Å². The Kier molecular flexibility index (Phi) is 6.35. The van der Waals surface area contributed by atoms with Gasteiger partial charge < -0.3 is 16.2 Å². The van der Waals surface area contributed by atoms with Gasteiger partial charge in [-0.3, -0.25) is 9.69 Å². The summed E-state index contributed by atoms with van der Waals surface area (Å²) < 4.78 is 0. The van der Waals surface area contributed by atoms with E-state index in [-0.39, 0.29) is 23.9 Å². The second-order valence-electron chi connectivity index (χ2n) is 8.79. The van der Waals surface area contributed by atoms with Crippen LogP contribution in [0.1, 0.15) is 61.4 Å². The zero-order valence-corrected chi connectivity index (χ0v) is 17.7. The zero-order chi connectivity index (χ0) is 21.1. The number of aromatic nitrogens is 1. The molecule has 1 aromatic carbocycles. The maximum atomic E-state index is 12.8. The molecular weight excluding hydrogens is 376 g/mol. The molecule has 0 spiro atoms. The van der Waals surface area contributed by atoms with Crippen LogP contribution in [0.4, 0.5) is 5.82 Å². The number of pyridine rings is 1. The van der Waals surface area contributed by atoms with E-state index in [1.54, 1.807) is 6.20 Å². The number of amides is 1. The number of aliphatic hydroxyl groups is 1. The number of hydrogen-bond acceptors (Lipinski definition) is 5. The van der Waals surface area contributed by atoms with Gasteiger partial charge in [-0.15, -0.1) is 0 Å². The molecule has 2 aliphatic rings. The lowest BCUT2D eigenvalue weighted by molar-refractivity contribution is 0.0868. The van der Waals surface area contributed by atoms with Gasteiger partial charge in [0.2, 0.25) is 0 Å². The summed E-state index contributed by atoms with van der Waals surface area (Å²) in [4.78, 5) is 19.6. The number of nitrogen functional groups attached to an aromatic ring is 1. The van der Waals surface area contributed by atoms with E-state index in [1.807, 2.05) is 6.07 Å². The maximum Gasteiger partial charge on any atom is 0.255 e. The topological polar surface area (TPSA) is 91.5 Å². The number of nitrogens with two attached hydrogens (primary N) is 1. The number of carbonyl (C=O) groups excluding carboxylic acids is 1. The van der Waals surface area contributed by atoms with E-state index in [1.165, 1.54) is 24.9 Å². The summed E-state index contributed by atoms with van der Waals surface area (Å²) in [6, 6.07) is 11.1. The van der Waals surface area contributed by atoms with Crippen molar-refractivity contribution in [3.8, 4) is 11.1 Å². The number of aliphatic hydroxyl groups excluding tert-OH is 1. The minimum atomic E-state index is -0.245. The van der Waals surface area contributed by atoms with Crippen LogP contribution >= 0.6 is 0 Å². The van der Waals surface area contributed by atoms with Crippen molar-refractivity contribution < 1.29 is 9.90 Å². The first-order valence-corrected chi connectivity index (χ1v) is 11.1. The van der Waals surface area contributed by atoms with Crippen LogP contribution in [0.15, 0.2) is 36.5 Å². The fourth-order valence-corrected chi connectivity index (χ4v) is 4.56. The van der Waals surface area contributed by atoms with E-state index in [9.17, 15) is 9.90 Å². The van der Waals surface area contributed by atoms with Crippen LogP contribution in [0.2, 0.25) is 0 Å². The van der Waals surface area contributed by atoms with Crippen molar-refractivity contribution in [3.05, 3.63) is 47.7 Å². The third-order valence-corrected chi connectivity index (χ3v) is 6.56. The zero-order valence-electron chi connectivity index (χ0n) is 17.7. The van der Waals surface area contributed by atoms with Gasteiger partial charge in [-0.1, -0.05) is 24.3 Å². The molecule has 0 unspecified atom stereocenters. The Labute approximate surface area is 178 Å². The van der Waals surface area contributed by atoms with Crippen LogP contribution < -0.4 is 11.1 Å². The standard InChI is InChI=1S/C24H32N4O2/c1-16-3-2-12-28(16)15-17-4-6-18(7-5-17)19-13-22(23(25)26-14-19)24(30)27-20-8-10-21(29)11-9-20/h4-7,13-14,16,20-21,29H,2-3,8-12,15H2,1H3,(H2,25,26)(H,27,30)/t16-,20?,21?/m1/s1. The average Bonchev–Trinajstić information content (AvgIpc) is 3.15. The number of anilines is 1. The van der Waals surface area contributed by atoms with Crippen molar-refractivity contribution in [2.24, 2.45) is 0 Å². The third kappa shape index (κ3) is 4.82. The molecule has 2 heterocycles. The number of carbonyl (C=O) groups is 1. The normalized spacial score (nSPS) is 24.7. The molecule has 0 radical (unpaired) electrons. The highest BCUT2D eigenvalue weighted by Crippen LogP contribution is 2.25. The van der Waals surface area contributed by atoms with Gasteiger partial charge in [0.15, 0.2) is 0 Å². The molecule has 4 N–H and O–H groups in total. The predicted octanol–water partition coefficient (Wildman–Crippen LogP) is 3.35. The third-order valence-electron chi connectivity index (χ3n) is 6.56. The van der Waals surface area contributed by atoms with Crippen LogP contribution in [0.5, 0.6) is 0 Å². The first-order valence-electron chi connectivity index (χ1n) is 11.1. The van der Waals surface area contributed by atoms with Crippen LogP contribution in [-0.4, -0.2) is 45.6 Å². The first kappa shape index (κ1) is 20.8. The fourth-order valence-electron chi connectivity index (χ4n) is 4.56. The van der Waals surface area contributed by atoms with Crippen LogP contribution in [-0.2, 0) is 6.54 Å². The molecule has 1 aliphatic carbocycles. The van der Waals surface area contributed by atoms with Crippen molar-refractivity contribution in [2.75, 3.05) is 12.3 Å². The van der Waals surface area contributed by atoms with E-state index in [0.717, 1.165) is 43.4 Å². The molecule has 2 aromatic rings. The Balaban J connectivity index is 1.45. The highest BCUT2D eigenvalue weighted by atomic mass is 16.3. The lowest BCUT2D eigenvalue weighted by atomic mass is 9.93. The fraction of sp³-hybridized carbons (Fsp3) is 0.500. The lowest BCUT2D eigenvalue weighted by Crippen LogP contribution is -2.38. The monoisotopic (exact) mass is 408 g/mol. The first-order chi connectivity index (χ1) is 14.5. The van der Waals surface area contributed by atoms with Gasteiger partial charge in [0.05, 0.1) is 11.7 Å². The van der Waals surface area contributed by atoms with Crippen molar-refractivity contribution in [3.63, 3.8) is 0 Å². The van der Waals surface area contributed by atoms with Crippen LogP contribution in [0, 0.1) is 0 Å². The quantitative estimate of drug-likeness (QED) is 0.706. The van der Waals surface area contributed by atoms with Gasteiger partial charge in [-0.25, -0.2) is 4.98 Å². The highest BCUT2D eigenvalue weighted by Gasteiger charge is 2.23. The molecule has 1 aliphatic heterocycles. The summed E-state index contributed by atoms with van der Waals surface area (Å²) >= 11 is 0. The summed E-state index contributed by atoms with van der Waals surface area (Å²) in [5.41, 5.74) is 9.62. The van der Waals surface area contributed by atoms with Gasteiger partial charge in [0.1, 0.15) is 5.82 Å². The molecule has 30 heavy (non-hydrogen) atoms. The van der Waals surface area contributed by atoms with E-state index in [4.69, 9.17) is 5.73 Å². The Hall–Kier alpha value is -2.44. The van der Waals surface area contributed by atoms with Crippen molar-refractivity contribution in [1.82, 2.24) is 15.2 Å². The Bertz CT molecular complexity index is 875. The molecule has 1 saturated heterocycles. The van der Waals surface area contributed by atoms with Gasteiger partial charge >= 0.3 is 0 Å². The van der Waals surface area contributed by atoms with Gasteiger partial charge in [-0.2, -0.15) is 0 Å². The van der Waals surface area contributed by atoms with E-state index in [2.05, 4.69) is 46.4 Å². The maximum absolute atomic E-state index is 12.8. The minimum absolute atomic E-state index is 0.0798. The number of benzene rings is 1. The number of nitrogens with zero attached hydrogens (tertiary/aromatic N) is 2. The predicted molar refractivity (Wildman–Crippen MR) is 119 cm³/mol. The van der Waals surface area contributed by atoms with Crippen LogP contribution in [0.25, 0.3) is 11.1 Å². The van der Waals surface area contributed by atoms with E-state index >= 15 is 0 Å². The summed E-state index contributed by atoms with van der Waals surface area (Å²) in [6.45, 7) is 4.44. The van der Waals surface area contributed by atoms with Gasteiger partial charge in [0, 0.05) is 30.4 Å². The summed E-state index contributed by atoms with van der Waals surface area (Å²) in [6.07, 6.45) is 7.06. The Morgan fingerprint density at radius 1 is 1.17 bits per heavy atom. The second kappa shape index (κ2) is 9.14. The number of nitrogens with one attached hydrogen (secondary N) is 1. The molecule has 1 aromatic heterocycles. The van der Waals surface area contributed by atoms with E-state index < -0.39 is 0 Å². The summed E-state index contributed by atoms with van der Waals surface area (Å²) in [7, 11) is 0. The SMILES string of the molecule is C[C@@H]1CCCN1Cc1ccc(-c2cnc(N)c(C(=O)NC3CCC(O)CC3)c2)cc1.